The highest BCUT2D eigenvalue weighted by Crippen LogP contribution is 2.15. The van der Waals surface area contributed by atoms with Gasteiger partial charge in [0.25, 0.3) is 5.91 Å². The quantitative estimate of drug-likeness (QED) is 0.671. The fourth-order valence-corrected chi connectivity index (χ4v) is 2.83. The van der Waals surface area contributed by atoms with E-state index in [1.165, 1.54) is 11.3 Å². The van der Waals surface area contributed by atoms with Gasteiger partial charge in [-0.2, -0.15) is 0 Å². The van der Waals surface area contributed by atoms with Crippen LogP contribution < -0.4 is 10.6 Å². The Balaban J connectivity index is 1.55. The van der Waals surface area contributed by atoms with E-state index < -0.39 is 0 Å². The first kappa shape index (κ1) is 15.2. The first-order valence-electron chi connectivity index (χ1n) is 7.19. The molecule has 3 aromatic rings. The molecule has 0 spiro atoms. The van der Waals surface area contributed by atoms with Crippen LogP contribution in [0.15, 0.2) is 41.8 Å². The third kappa shape index (κ3) is 3.57. The normalized spacial score (nSPS) is 12.0. The maximum atomic E-state index is 12.0. The Kier molecular flexibility index (Phi) is 4.38. The van der Waals surface area contributed by atoms with Crippen LogP contribution in [-0.4, -0.2) is 28.3 Å². The van der Waals surface area contributed by atoms with Crippen molar-refractivity contribution in [1.82, 2.24) is 20.6 Å². The fraction of sp³-hybridized carbons (Fsp3) is 0.188. The molecule has 6 nitrogen and oxygen atoms in total. The maximum absolute atomic E-state index is 12.0. The van der Waals surface area contributed by atoms with Crippen LogP contribution in [0.1, 0.15) is 28.5 Å². The lowest BCUT2D eigenvalue weighted by atomic mass is 10.3. The number of hydrogen-bond donors (Lipinski definition) is 3. The number of rotatable bonds is 5. The van der Waals surface area contributed by atoms with Crippen molar-refractivity contribution in [2.75, 3.05) is 6.54 Å². The number of carbonyl (C=O) groups is 2. The molecule has 118 valence electrons. The van der Waals surface area contributed by atoms with Gasteiger partial charge in [-0.05, 0) is 30.5 Å². The average Bonchev–Trinajstić information content (AvgIpc) is 3.21. The standard InChI is InChI=1S/C16H16N4O2S/c1-10(15-19-11-5-2-3-6-12(11)20-15)18-14(21)9-17-16(22)13-7-4-8-23-13/h2-8,10H,9H2,1H3,(H,17,22)(H,18,21)(H,19,20). The van der Waals surface area contributed by atoms with Gasteiger partial charge in [-0.1, -0.05) is 18.2 Å². The van der Waals surface area contributed by atoms with Gasteiger partial charge in [0.05, 0.1) is 28.5 Å². The zero-order valence-corrected chi connectivity index (χ0v) is 13.3. The van der Waals surface area contributed by atoms with Crippen LogP contribution >= 0.6 is 11.3 Å². The van der Waals surface area contributed by atoms with Gasteiger partial charge >= 0.3 is 0 Å². The Morgan fingerprint density at radius 2 is 2.09 bits per heavy atom. The summed E-state index contributed by atoms with van der Waals surface area (Å²) in [6, 6.07) is 10.9. The van der Waals surface area contributed by atoms with E-state index in [0.29, 0.717) is 10.7 Å². The molecule has 0 fully saturated rings. The van der Waals surface area contributed by atoms with Crippen molar-refractivity contribution in [3.63, 3.8) is 0 Å². The number of aromatic nitrogens is 2. The molecular formula is C16H16N4O2S. The lowest BCUT2D eigenvalue weighted by Gasteiger charge is -2.11. The van der Waals surface area contributed by atoms with Crippen LogP contribution in [-0.2, 0) is 4.79 Å². The minimum atomic E-state index is -0.270. The van der Waals surface area contributed by atoms with Crippen LogP contribution in [0, 0.1) is 0 Å². The minimum absolute atomic E-state index is 0.0682. The van der Waals surface area contributed by atoms with E-state index in [1.807, 2.05) is 36.6 Å². The van der Waals surface area contributed by atoms with Crippen molar-refractivity contribution in [3.8, 4) is 0 Å². The molecule has 1 unspecified atom stereocenters. The molecule has 1 atom stereocenters. The molecule has 0 radical (unpaired) electrons. The van der Waals surface area contributed by atoms with E-state index in [9.17, 15) is 9.59 Å². The Labute approximate surface area is 136 Å². The SMILES string of the molecule is CC(NC(=O)CNC(=O)c1cccs1)c1nc2ccccc2[nH]1. The zero-order valence-electron chi connectivity index (χ0n) is 12.5. The van der Waals surface area contributed by atoms with Crippen molar-refractivity contribution in [2.24, 2.45) is 0 Å². The largest absolute Gasteiger partial charge is 0.345 e. The third-order valence-electron chi connectivity index (χ3n) is 3.35. The summed E-state index contributed by atoms with van der Waals surface area (Å²) in [4.78, 5) is 31.9. The highest BCUT2D eigenvalue weighted by molar-refractivity contribution is 7.12. The molecule has 0 saturated carbocycles. The number of nitrogens with zero attached hydrogens (tertiary/aromatic N) is 1. The second kappa shape index (κ2) is 6.62. The van der Waals surface area contributed by atoms with E-state index in [4.69, 9.17) is 0 Å². The molecule has 2 amide bonds. The van der Waals surface area contributed by atoms with Crippen molar-refractivity contribution >= 4 is 34.2 Å². The molecule has 0 bridgehead atoms. The van der Waals surface area contributed by atoms with E-state index in [2.05, 4.69) is 20.6 Å². The molecule has 2 aromatic heterocycles. The number of fused-ring (bicyclic) bond motifs is 1. The summed E-state index contributed by atoms with van der Waals surface area (Å²) in [7, 11) is 0. The van der Waals surface area contributed by atoms with Gasteiger partial charge in [-0.15, -0.1) is 11.3 Å². The molecule has 0 aliphatic rings. The number of amides is 2. The predicted molar refractivity (Wildman–Crippen MR) is 89.3 cm³/mol. The minimum Gasteiger partial charge on any atom is -0.345 e. The van der Waals surface area contributed by atoms with Crippen molar-refractivity contribution in [3.05, 3.63) is 52.5 Å². The van der Waals surface area contributed by atoms with Gasteiger partial charge < -0.3 is 15.6 Å². The van der Waals surface area contributed by atoms with E-state index in [0.717, 1.165) is 11.0 Å². The second-order valence-corrected chi connectivity index (χ2v) is 6.04. The Bertz CT molecular complexity index is 793. The summed E-state index contributed by atoms with van der Waals surface area (Å²) in [6.45, 7) is 1.78. The van der Waals surface area contributed by atoms with Crippen molar-refractivity contribution < 1.29 is 9.59 Å². The highest BCUT2D eigenvalue weighted by atomic mass is 32.1. The summed E-state index contributed by atoms with van der Waals surface area (Å²) >= 11 is 1.34. The van der Waals surface area contributed by atoms with E-state index in [1.54, 1.807) is 12.1 Å². The number of hydrogen-bond acceptors (Lipinski definition) is 4. The Morgan fingerprint density at radius 3 is 2.83 bits per heavy atom. The molecule has 1 aromatic carbocycles. The second-order valence-electron chi connectivity index (χ2n) is 5.09. The molecule has 0 aliphatic carbocycles. The first-order valence-corrected chi connectivity index (χ1v) is 8.07. The van der Waals surface area contributed by atoms with Crippen LogP contribution in [0.25, 0.3) is 11.0 Å². The smallest absolute Gasteiger partial charge is 0.261 e. The number of thiophene rings is 1. The van der Waals surface area contributed by atoms with Gasteiger partial charge in [0, 0.05) is 0 Å². The lowest BCUT2D eigenvalue weighted by molar-refractivity contribution is -0.120. The molecule has 3 N–H and O–H groups in total. The molecule has 7 heteroatoms. The van der Waals surface area contributed by atoms with Crippen LogP contribution in [0.5, 0.6) is 0 Å². The molecule has 2 heterocycles. The lowest BCUT2D eigenvalue weighted by Crippen LogP contribution is -2.38. The molecule has 0 aliphatic heterocycles. The molecule has 3 rings (SSSR count). The van der Waals surface area contributed by atoms with E-state index in [-0.39, 0.29) is 24.4 Å². The van der Waals surface area contributed by atoms with Crippen LogP contribution in [0.2, 0.25) is 0 Å². The van der Waals surface area contributed by atoms with Gasteiger partial charge in [-0.25, -0.2) is 4.98 Å². The number of aromatic amines is 1. The molecular weight excluding hydrogens is 312 g/mol. The van der Waals surface area contributed by atoms with Gasteiger partial charge in [0.15, 0.2) is 0 Å². The topological polar surface area (TPSA) is 86.9 Å². The van der Waals surface area contributed by atoms with Gasteiger partial charge in [-0.3, -0.25) is 9.59 Å². The zero-order chi connectivity index (χ0) is 16.2. The number of para-hydroxylation sites is 2. The van der Waals surface area contributed by atoms with Crippen molar-refractivity contribution in [1.29, 1.82) is 0 Å². The summed E-state index contributed by atoms with van der Waals surface area (Å²) in [5, 5.41) is 7.23. The van der Waals surface area contributed by atoms with Crippen LogP contribution in [0.4, 0.5) is 0 Å². The molecule has 0 saturated heterocycles. The first-order chi connectivity index (χ1) is 11.1. The maximum Gasteiger partial charge on any atom is 0.261 e. The Hall–Kier alpha value is -2.67. The van der Waals surface area contributed by atoms with Crippen LogP contribution in [0.3, 0.4) is 0 Å². The average molecular weight is 328 g/mol. The van der Waals surface area contributed by atoms with Crippen molar-refractivity contribution in [2.45, 2.75) is 13.0 Å². The number of H-pyrrole nitrogens is 1. The summed E-state index contributed by atoms with van der Waals surface area (Å²) in [5.74, 6) is 0.179. The number of carbonyl (C=O) groups excluding carboxylic acids is 2. The van der Waals surface area contributed by atoms with E-state index >= 15 is 0 Å². The van der Waals surface area contributed by atoms with Gasteiger partial charge in [0.1, 0.15) is 5.82 Å². The third-order valence-corrected chi connectivity index (χ3v) is 4.22. The summed E-state index contributed by atoms with van der Waals surface area (Å²) < 4.78 is 0. The summed E-state index contributed by atoms with van der Waals surface area (Å²) in [5.41, 5.74) is 1.78. The molecule has 23 heavy (non-hydrogen) atoms. The monoisotopic (exact) mass is 328 g/mol. The summed E-state index contributed by atoms with van der Waals surface area (Å²) in [6.07, 6.45) is 0. The number of nitrogens with one attached hydrogen (secondary N) is 3. The highest BCUT2D eigenvalue weighted by Gasteiger charge is 2.14. The predicted octanol–water partition coefficient (Wildman–Crippen LogP) is 2.23. The Morgan fingerprint density at radius 1 is 1.26 bits per heavy atom. The number of benzene rings is 1. The van der Waals surface area contributed by atoms with Gasteiger partial charge in [0.2, 0.25) is 5.91 Å². The number of imidazole rings is 1. The fourth-order valence-electron chi connectivity index (χ4n) is 2.19.